The largest absolute Gasteiger partial charge is 0.504 e. The number of rotatable bonds is 9. The maximum Gasteiger partial charge on any atom is 0.375 e. The summed E-state index contributed by atoms with van der Waals surface area (Å²) in [5, 5.41) is 19.6. The predicted octanol–water partition coefficient (Wildman–Crippen LogP) is 6.10. The Morgan fingerprint density at radius 1 is 1.34 bits per heavy atom. The van der Waals surface area contributed by atoms with Crippen LogP contribution in [0.5, 0.6) is 11.5 Å². The van der Waals surface area contributed by atoms with Crippen LogP contribution in [0.4, 0.5) is 9.18 Å². The van der Waals surface area contributed by atoms with Crippen LogP contribution in [0.2, 0.25) is 0 Å². The normalized spacial score (nSPS) is 13.0. The van der Waals surface area contributed by atoms with Crippen LogP contribution in [0.1, 0.15) is 38.2 Å². The van der Waals surface area contributed by atoms with Gasteiger partial charge in [0.05, 0.1) is 7.11 Å². The summed E-state index contributed by atoms with van der Waals surface area (Å²) in [6.45, 7) is 4.46. The lowest BCUT2D eigenvalue weighted by Gasteiger charge is -2.18. The van der Waals surface area contributed by atoms with E-state index in [1.807, 2.05) is 38.3 Å². The number of carbonyl (C=O) groups is 1. The van der Waals surface area contributed by atoms with Crippen molar-refractivity contribution in [2.75, 3.05) is 20.7 Å². The molecule has 1 aromatic rings. The molecule has 1 atom stereocenters. The van der Waals surface area contributed by atoms with Crippen molar-refractivity contribution in [1.82, 2.24) is 5.32 Å². The first kappa shape index (κ1) is 27.1. The number of benzene rings is 1. The van der Waals surface area contributed by atoms with Crippen LogP contribution >= 0.6 is 22.5 Å². The highest BCUT2D eigenvalue weighted by Gasteiger charge is 2.15. The van der Waals surface area contributed by atoms with Crippen LogP contribution in [0.15, 0.2) is 53.9 Å². The SMILES string of the molecule is C\C=C/C(F)=C(\C=C/C)CCC(CNC)c1ccc(O)c(OC)c1.O=C(O)SS. The Hall–Kier alpha value is -1.90. The van der Waals surface area contributed by atoms with Crippen molar-refractivity contribution in [3.8, 4) is 11.5 Å². The van der Waals surface area contributed by atoms with E-state index in [0.29, 0.717) is 28.5 Å². The summed E-state index contributed by atoms with van der Waals surface area (Å²) < 4.78 is 19.3. The van der Waals surface area contributed by atoms with Gasteiger partial charge in [0, 0.05) is 17.3 Å². The summed E-state index contributed by atoms with van der Waals surface area (Å²) >= 11 is 3.33. The summed E-state index contributed by atoms with van der Waals surface area (Å²) in [5.74, 6) is 0.585. The number of phenols is 1. The lowest BCUT2D eigenvalue weighted by Crippen LogP contribution is -2.17. The van der Waals surface area contributed by atoms with Gasteiger partial charge in [0.1, 0.15) is 5.83 Å². The Morgan fingerprint density at radius 2 is 1.97 bits per heavy atom. The summed E-state index contributed by atoms with van der Waals surface area (Å²) in [6, 6.07) is 5.37. The van der Waals surface area contributed by atoms with Gasteiger partial charge in [0.2, 0.25) is 0 Å². The first-order chi connectivity index (χ1) is 13.8. The number of carboxylic acid groups (broad SMARTS) is 1. The number of phenolic OH excluding ortho intramolecular Hbond substituents is 1. The van der Waals surface area contributed by atoms with Crippen molar-refractivity contribution in [3.05, 3.63) is 59.5 Å². The number of aromatic hydroxyl groups is 1. The van der Waals surface area contributed by atoms with Gasteiger partial charge in [-0.3, -0.25) is 0 Å². The number of hydrogen-bond donors (Lipinski definition) is 4. The Bertz CT molecular complexity index is 721. The molecule has 0 radical (unpaired) electrons. The average molecular weight is 444 g/mol. The van der Waals surface area contributed by atoms with Gasteiger partial charge in [0.15, 0.2) is 11.5 Å². The van der Waals surface area contributed by atoms with Gasteiger partial charge in [-0.15, -0.1) is 0 Å². The van der Waals surface area contributed by atoms with E-state index in [1.165, 1.54) is 13.2 Å². The third-order valence-electron chi connectivity index (χ3n) is 3.95. The van der Waals surface area contributed by atoms with E-state index in [4.69, 9.17) is 9.84 Å². The van der Waals surface area contributed by atoms with E-state index in [9.17, 15) is 14.3 Å². The molecule has 0 heterocycles. The molecule has 1 unspecified atom stereocenters. The van der Waals surface area contributed by atoms with Crippen LogP contribution < -0.4 is 10.1 Å². The van der Waals surface area contributed by atoms with E-state index in [0.717, 1.165) is 18.5 Å². The number of thiol groups is 1. The number of methoxy groups -OCH3 is 1. The second-order valence-corrected chi connectivity index (χ2v) is 7.03. The first-order valence-corrected chi connectivity index (χ1v) is 10.9. The molecule has 0 bridgehead atoms. The molecular formula is C21H30FNO4S2. The molecule has 1 rings (SSSR count). The second kappa shape index (κ2) is 16.0. The minimum atomic E-state index is -0.965. The number of ether oxygens (including phenoxy) is 1. The van der Waals surface area contributed by atoms with E-state index >= 15 is 0 Å². The van der Waals surface area contributed by atoms with Gasteiger partial charge in [-0.1, -0.05) is 36.0 Å². The number of halogens is 1. The monoisotopic (exact) mass is 443 g/mol. The number of hydrogen-bond acceptors (Lipinski definition) is 6. The highest BCUT2D eigenvalue weighted by Crippen LogP contribution is 2.32. The molecule has 0 aliphatic heterocycles. The molecule has 0 aliphatic rings. The second-order valence-electron chi connectivity index (χ2n) is 5.95. The van der Waals surface area contributed by atoms with E-state index in [-0.39, 0.29) is 17.5 Å². The van der Waals surface area contributed by atoms with Crippen molar-refractivity contribution in [1.29, 1.82) is 0 Å². The minimum Gasteiger partial charge on any atom is -0.504 e. The van der Waals surface area contributed by atoms with Gasteiger partial charge >= 0.3 is 5.30 Å². The van der Waals surface area contributed by atoms with Crippen molar-refractivity contribution in [2.24, 2.45) is 0 Å². The first-order valence-electron chi connectivity index (χ1n) is 9.04. The molecule has 0 spiro atoms. The maximum absolute atomic E-state index is 14.1. The molecular weight excluding hydrogens is 413 g/mol. The van der Waals surface area contributed by atoms with Crippen LogP contribution in [-0.2, 0) is 0 Å². The fourth-order valence-electron chi connectivity index (χ4n) is 2.65. The minimum absolute atomic E-state index is 0.123. The maximum atomic E-state index is 14.1. The fraction of sp³-hybridized carbons (Fsp3) is 0.381. The smallest absolute Gasteiger partial charge is 0.375 e. The van der Waals surface area contributed by atoms with Crippen LogP contribution in [0.3, 0.4) is 0 Å². The Kier molecular flexibility index (Phi) is 14.9. The van der Waals surface area contributed by atoms with E-state index < -0.39 is 5.30 Å². The molecule has 0 amide bonds. The molecule has 0 aliphatic carbocycles. The Labute approximate surface area is 181 Å². The molecule has 0 fully saturated rings. The quantitative estimate of drug-likeness (QED) is 0.210. The summed E-state index contributed by atoms with van der Waals surface area (Å²) in [4.78, 5) is 9.25. The van der Waals surface area contributed by atoms with Gasteiger partial charge in [-0.25, -0.2) is 9.18 Å². The predicted molar refractivity (Wildman–Crippen MR) is 123 cm³/mol. The average Bonchev–Trinajstić information content (AvgIpc) is 2.71. The molecule has 0 aromatic heterocycles. The zero-order valence-corrected chi connectivity index (χ0v) is 18.9. The third-order valence-corrected chi connectivity index (χ3v) is 4.58. The van der Waals surface area contributed by atoms with Gasteiger partial charge < -0.3 is 20.3 Å². The Morgan fingerprint density at radius 3 is 2.45 bits per heavy atom. The third kappa shape index (κ3) is 11.0. The zero-order chi connectivity index (χ0) is 22.2. The molecule has 0 saturated carbocycles. The molecule has 5 nitrogen and oxygen atoms in total. The van der Waals surface area contributed by atoms with Crippen LogP contribution in [0, 0.1) is 0 Å². The van der Waals surface area contributed by atoms with Crippen molar-refractivity contribution >= 4 is 27.8 Å². The molecule has 1 aromatic carbocycles. The lowest BCUT2D eigenvalue weighted by atomic mass is 9.91. The lowest BCUT2D eigenvalue weighted by molar-refractivity contribution is 0.222. The Balaban J connectivity index is 0.00000139. The highest BCUT2D eigenvalue weighted by molar-refractivity contribution is 8.74. The van der Waals surface area contributed by atoms with Gasteiger partial charge in [-0.2, -0.15) is 0 Å². The fourth-order valence-corrected chi connectivity index (χ4v) is 2.65. The number of allylic oxidation sites excluding steroid dienone is 6. The summed E-state index contributed by atoms with van der Waals surface area (Å²) in [7, 11) is 3.92. The molecule has 162 valence electrons. The van der Waals surface area contributed by atoms with Crippen molar-refractivity contribution < 1.29 is 24.1 Å². The molecule has 29 heavy (non-hydrogen) atoms. The van der Waals surface area contributed by atoms with Crippen molar-refractivity contribution in [2.45, 2.75) is 32.6 Å². The van der Waals surface area contributed by atoms with Gasteiger partial charge in [-0.05, 0) is 69.0 Å². The van der Waals surface area contributed by atoms with Gasteiger partial charge in [0.25, 0.3) is 0 Å². The molecule has 3 N–H and O–H groups in total. The van der Waals surface area contributed by atoms with E-state index in [1.54, 1.807) is 19.1 Å². The number of likely N-dealkylation sites (N-methyl/N-ethyl adjacent to an activating group) is 1. The zero-order valence-electron chi connectivity index (χ0n) is 17.2. The van der Waals surface area contributed by atoms with Crippen molar-refractivity contribution in [3.63, 3.8) is 0 Å². The summed E-state index contributed by atoms with van der Waals surface area (Å²) in [5.41, 5.74) is 1.76. The van der Waals surface area contributed by atoms with Crippen LogP contribution in [-0.4, -0.2) is 36.2 Å². The number of nitrogens with one attached hydrogen (secondary N) is 1. The summed E-state index contributed by atoms with van der Waals surface area (Å²) in [6.07, 6.45) is 8.30. The molecule has 0 saturated heterocycles. The standard InChI is InChI=1S/C20H28FNO2.CH2O2S2/c1-5-7-15(18(21)8-6-2)9-10-17(14-22-3)16-11-12-19(23)20(13-16)24-4;2-1(3)5-4/h5-8,11-13,17,22-23H,9-10,14H2,1-4H3;4H,(H,2,3)/b7-5-,8-6-,18-15-;. The van der Waals surface area contributed by atoms with E-state index in [2.05, 4.69) is 17.0 Å². The highest BCUT2D eigenvalue weighted by atomic mass is 33.1. The van der Waals surface area contributed by atoms with Crippen LogP contribution in [0.25, 0.3) is 0 Å². The molecule has 8 heteroatoms. The topological polar surface area (TPSA) is 78.8 Å².